The topological polar surface area (TPSA) is 55.3 Å². The summed E-state index contributed by atoms with van der Waals surface area (Å²) < 4.78 is 5.20. The van der Waals surface area contributed by atoms with Gasteiger partial charge in [0.15, 0.2) is 0 Å². The molecule has 154 valence electrons. The second kappa shape index (κ2) is 10.2. The van der Waals surface area contributed by atoms with E-state index >= 15 is 0 Å². The number of hydrogen-bond donors (Lipinski definition) is 0. The first kappa shape index (κ1) is 21.0. The Morgan fingerprint density at radius 2 is 2.00 bits per heavy atom. The minimum absolute atomic E-state index is 0.0775. The number of methoxy groups -OCH3 is 1. The maximum atomic E-state index is 13.0. The van der Waals surface area contributed by atoms with Crippen molar-refractivity contribution in [3.63, 3.8) is 0 Å². The van der Waals surface area contributed by atoms with Crippen molar-refractivity contribution in [3.8, 4) is 11.1 Å². The first-order chi connectivity index (χ1) is 14.8. The van der Waals surface area contributed by atoms with Crippen molar-refractivity contribution in [2.24, 2.45) is 0 Å². The fraction of sp³-hybridized carbons (Fsp3) is 0.227. The summed E-state index contributed by atoms with van der Waals surface area (Å²) in [6, 6.07) is 14.3. The van der Waals surface area contributed by atoms with Gasteiger partial charge in [-0.2, -0.15) is 0 Å². The molecule has 0 aliphatic rings. The van der Waals surface area contributed by atoms with Gasteiger partial charge in [0.1, 0.15) is 16.2 Å². The van der Waals surface area contributed by atoms with E-state index in [1.807, 2.05) is 34.5 Å². The molecule has 0 radical (unpaired) electrons. The van der Waals surface area contributed by atoms with Crippen LogP contribution in [0.4, 0.5) is 0 Å². The van der Waals surface area contributed by atoms with Crippen molar-refractivity contribution in [1.29, 1.82) is 0 Å². The van der Waals surface area contributed by atoms with E-state index < -0.39 is 0 Å². The van der Waals surface area contributed by atoms with Gasteiger partial charge < -0.3 is 9.64 Å². The molecule has 1 amide bonds. The fourth-order valence-electron chi connectivity index (χ4n) is 3.09. The zero-order chi connectivity index (χ0) is 20.8. The van der Waals surface area contributed by atoms with Gasteiger partial charge in [-0.3, -0.25) is 4.79 Å². The van der Waals surface area contributed by atoms with Gasteiger partial charge in [-0.15, -0.1) is 22.7 Å². The molecule has 1 aromatic carbocycles. The van der Waals surface area contributed by atoms with Crippen molar-refractivity contribution in [3.05, 3.63) is 64.4 Å². The van der Waals surface area contributed by atoms with Gasteiger partial charge in [-0.1, -0.05) is 48.2 Å². The summed E-state index contributed by atoms with van der Waals surface area (Å²) in [4.78, 5) is 25.9. The van der Waals surface area contributed by atoms with Crippen LogP contribution in [0.15, 0.2) is 64.6 Å². The Kier molecular flexibility index (Phi) is 7.11. The summed E-state index contributed by atoms with van der Waals surface area (Å²) in [5, 5.41) is 6.01. The number of amides is 1. The van der Waals surface area contributed by atoms with E-state index in [1.54, 1.807) is 36.1 Å². The zero-order valence-electron chi connectivity index (χ0n) is 16.5. The van der Waals surface area contributed by atoms with Crippen LogP contribution < -0.4 is 0 Å². The number of thioether (sulfide) groups is 1. The average molecular weight is 456 g/mol. The van der Waals surface area contributed by atoms with Crippen LogP contribution in [-0.4, -0.2) is 46.8 Å². The second-order valence-electron chi connectivity index (χ2n) is 6.55. The molecule has 3 aromatic heterocycles. The molecule has 8 heteroatoms. The van der Waals surface area contributed by atoms with Crippen LogP contribution in [0.5, 0.6) is 0 Å². The lowest BCUT2D eigenvalue weighted by molar-refractivity contribution is -0.129. The molecule has 0 fully saturated rings. The van der Waals surface area contributed by atoms with Gasteiger partial charge in [0.05, 0.1) is 24.3 Å². The standard InChI is InChI=1S/C22H21N3O2S3/c1-27-10-9-25(12-17-8-5-11-28-17)19(26)14-30-22-20-18(16-6-3-2-4-7-16)13-29-21(20)23-15-24-22/h2-8,11,13,15H,9-10,12,14H2,1H3. The Labute approximate surface area is 187 Å². The predicted octanol–water partition coefficient (Wildman–Crippen LogP) is 5.19. The molecule has 4 rings (SSSR count). The molecule has 0 aliphatic heterocycles. The number of nitrogens with zero attached hydrogens (tertiary/aromatic N) is 3. The van der Waals surface area contributed by atoms with Crippen molar-refractivity contribution < 1.29 is 9.53 Å². The summed E-state index contributed by atoms with van der Waals surface area (Å²) in [6.45, 7) is 1.69. The predicted molar refractivity (Wildman–Crippen MR) is 125 cm³/mol. The van der Waals surface area contributed by atoms with E-state index in [0.717, 1.165) is 31.2 Å². The van der Waals surface area contributed by atoms with Crippen molar-refractivity contribution in [1.82, 2.24) is 14.9 Å². The summed E-state index contributed by atoms with van der Waals surface area (Å²) in [5.74, 6) is 0.402. The molecule has 0 atom stereocenters. The number of aromatic nitrogens is 2. The van der Waals surface area contributed by atoms with E-state index in [2.05, 4.69) is 33.5 Å². The summed E-state index contributed by atoms with van der Waals surface area (Å²) in [5.41, 5.74) is 2.24. The van der Waals surface area contributed by atoms with Crippen LogP contribution >= 0.6 is 34.4 Å². The summed E-state index contributed by atoms with van der Waals surface area (Å²) in [6.07, 6.45) is 1.58. The fourth-order valence-corrected chi connectivity index (χ4v) is 5.71. The number of thiophene rings is 2. The molecule has 30 heavy (non-hydrogen) atoms. The number of hydrogen-bond acceptors (Lipinski definition) is 7. The van der Waals surface area contributed by atoms with Crippen LogP contribution in [0, 0.1) is 0 Å². The highest BCUT2D eigenvalue weighted by molar-refractivity contribution is 8.00. The normalized spacial score (nSPS) is 11.1. The lowest BCUT2D eigenvalue weighted by atomic mass is 10.1. The molecule has 0 N–H and O–H groups in total. The molecule has 0 saturated carbocycles. The van der Waals surface area contributed by atoms with Crippen LogP contribution in [0.1, 0.15) is 4.88 Å². The van der Waals surface area contributed by atoms with Gasteiger partial charge in [-0.05, 0) is 17.0 Å². The average Bonchev–Trinajstić information content (AvgIpc) is 3.45. The van der Waals surface area contributed by atoms with E-state index in [9.17, 15) is 4.79 Å². The molecule has 5 nitrogen and oxygen atoms in total. The third kappa shape index (κ3) is 4.89. The first-order valence-electron chi connectivity index (χ1n) is 9.45. The molecule has 0 spiro atoms. The molecule has 0 aliphatic carbocycles. The van der Waals surface area contributed by atoms with Crippen LogP contribution in [0.3, 0.4) is 0 Å². The van der Waals surface area contributed by atoms with E-state index in [0.29, 0.717) is 25.4 Å². The minimum Gasteiger partial charge on any atom is -0.383 e. The highest BCUT2D eigenvalue weighted by Gasteiger charge is 2.18. The lowest BCUT2D eigenvalue weighted by Crippen LogP contribution is -2.34. The van der Waals surface area contributed by atoms with Crippen LogP contribution in [0.25, 0.3) is 21.3 Å². The molecule has 3 heterocycles. The number of benzene rings is 1. The van der Waals surface area contributed by atoms with Gasteiger partial charge in [-0.25, -0.2) is 9.97 Å². The Hall–Kier alpha value is -2.26. The number of carbonyl (C=O) groups excluding carboxylic acids is 1. The van der Waals surface area contributed by atoms with Gasteiger partial charge in [0, 0.05) is 29.5 Å². The van der Waals surface area contributed by atoms with E-state index in [1.165, 1.54) is 11.8 Å². The minimum atomic E-state index is 0.0775. The highest BCUT2D eigenvalue weighted by atomic mass is 32.2. The second-order valence-corrected chi connectivity index (χ2v) is 9.40. The van der Waals surface area contributed by atoms with E-state index in [4.69, 9.17) is 4.74 Å². The number of ether oxygens (including phenoxy) is 1. The third-order valence-corrected chi connectivity index (χ3v) is 7.32. The quantitative estimate of drug-likeness (QED) is 0.257. The smallest absolute Gasteiger partial charge is 0.233 e. The maximum Gasteiger partial charge on any atom is 0.233 e. The summed E-state index contributed by atoms with van der Waals surface area (Å²) >= 11 is 4.73. The number of carbonyl (C=O) groups is 1. The number of rotatable bonds is 9. The Morgan fingerprint density at radius 1 is 1.13 bits per heavy atom. The maximum absolute atomic E-state index is 13.0. The van der Waals surface area contributed by atoms with Crippen molar-refractivity contribution in [2.75, 3.05) is 26.0 Å². The first-order valence-corrected chi connectivity index (χ1v) is 12.2. The molecular formula is C22H21N3O2S3. The highest BCUT2D eigenvalue weighted by Crippen LogP contribution is 2.37. The van der Waals surface area contributed by atoms with Gasteiger partial charge in [0.25, 0.3) is 0 Å². The SMILES string of the molecule is COCCN(Cc1cccs1)C(=O)CSc1ncnc2scc(-c3ccccc3)c12. The zero-order valence-corrected chi connectivity index (χ0v) is 18.9. The number of fused-ring (bicyclic) bond motifs is 1. The van der Waals surface area contributed by atoms with Gasteiger partial charge in [0.2, 0.25) is 5.91 Å². The Morgan fingerprint density at radius 3 is 2.77 bits per heavy atom. The monoisotopic (exact) mass is 455 g/mol. The molecule has 0 saturated heterocycles. The van der Waals surface area contributed by atoms with Crippen molar-refractivity contribution >= 4 is 50.6 Å². The van der Waals surface area contributed by atoms with Gasteiger partial charge >= 0.3 is 0 Å². The Balaban J connectivity index is 1.53. The molecule has 4 aromatic rings. The molecular weight excluding hydrogens is 434 g/mol. The molecule has 0 unspecified atom stereocenters. The van der Waals surface area contributed by atoms with E-state index in [-0.39, 0.29) is 5.91 Å². The van der Waals surface area contributed by atoms with Crippen LogP contribution in [-0.2, 0) is 16.1 Å². The molecule has 0 bridgehead atoms. The largest absolute Gasteiger partial charge is 0.383 e. The summed E-state index contributed by atoms with van der Waals surface area (Å²) in [7, 11) is 1.65. The third-order valence-electron chi connectivity index (χ3n) is 4.60. The lowest BCUT2D eigenvalue weighted by Gasteiger charge is -2.21. The Bertz CT molecular complexity index is 1100. The van der Waals surface area contributed by atoms with Crippen molar-refractivity contribution in [2.45, 2.75) is 11.6 Å². The van der Waals surface area contributed by atoms with Crippen LogP contribution in [0.2, 0.25) is 0 Å².